The number of nitrogens with one attached hydrogen (secondary N) is 1. The number of fused-ring (bicyclic) bond motifs is 2. The van der Waals surface area contributed by atoms with Crippen molar-refractivity contribution in [2.24, 2.45) is 0 Å². The van der Waals surface area contributed by atoms with Crippen LogP contribution in [0, 0.1) is 0 Å². The van der Waals surface area contributed by atoms with E-state index < -0.39 is 0 Å². The first-order valence-corrected chi connectivity index (χ1v) is 9.25. The fourth-order valence-corrected chi connectivity index (χ4v) is 3.51. The maximum Gasteiger partial charge on any atom is 0.337 e. The van der Waals surface area contributed by atoms with Crippen LogP contribution < -0.4 is 9.47 Å². The average Bonchev–Trinajstić information content (AvgIpc) is 3.39. The number of rotatable bonds is 4. The monoisotopic (exact) mass is 386 g/mol. The standard InChI is InChI=1S/C23H18N2O4/c1-27-23(26)17-4-2-3-14(10-17)9-15-5-7-18-19(11-15)25-22(24-18)16-6-8-20-21(12-16)29-13-28-20/h2-8,10-12H,9,13H2,1H3,(H,24,25). The predicted octanol–water partition coefficient (Wildman–Crippen LogP) is 4.34. The molecule has 1 aliphatic heterocycles. The summed E-state index contributed by atoms with van der Waals surface area (Å²) in [5, 5.41) is 0. The second-order valence-corrected chi connectivity index (χ2v) is 6.87. The van der Waals surface area contributed by atoms with Gasteiger partial charge in [0.2, 0.25) is 6.79 Å². The number of carbonyl (C=O) groups excluding carboxylic acids is 1. The van der Waals surface area contributed by atoms with E-state index in [9.17, 15) is 4.79 Å². The van der Waals surface area contributed by atoms with Gasteiger partial charge in [0.05, 0.1) is 23.7 Å². The van der Waals surface area contributed by atoms with Gasteiger partial charge in [-0.3, -0.25) is 0 Å². The summed E-state index contributed by atoms with van der Waals surface area (Å²) >= 11 is 0. The Kier molecular flexibility index (Phi) is 4.17. The summed E-state index contributed by atoms with van der Waals surface area (Å²) in [4.78, 5) is 19.8. The normalized spacial score (nSPS) is 12.3. The molecular weight excluding hydrogens is 368 g/mol. The number of imidazole rings is 1. The smallest absolute Gasteiger partial charge is 0.337 e. The van der Waals surface area contributed by atoms with Crippen molar-refractivity contribution in [3.63, 3.8) is 0 Å². The minimum absolute atomic E-state index is 0.249. The van der Waals surface area contributed by atoms with E-state index in [1.165, 1.54) is 7.11 Å². The lowest BCUT2D eigenvalue weighted by molar-refractivity contribution is 0.0600. The highest BCUT2D eigenvalue weighted by molar-refractivity contribution is 5.89. The molecule has 4 aromatic rings. The number of aromatic amines is 1. The van der Waals surface area contributed by atoms with Crippen LogP contribution in [-0.2, 0) is 11.2 Å². The Morgan fingerprint density at radius 2 is 1.90 bits per heavy atom. The molecule has 29 heavy (non-hydrogen) atoms. The van der Waals surface area contributed by atoms with Crippen molar-refractivity contribution in [3.8, 4) is 22.9 Å². The largest absolute Gasteiger partial charge is 0.465 e. The molecule has 1 N–H and O–H groups in total. The first-order valence-electron chi connectivity index (χ1n) is 9.25. The van der Waals surface area contributed by atoms with Crippen LogP contribution in [0.4, 0.5) is 0 Å². The maximum atomic E-state index is 11.7. The van der Waals surface area contributed by atoms with Gasteiger partial charge in [-0.1, -0.05) is 18.2 Å². The molecule has 6 nitrogen and oxygen atoms in total. The average molecular weight is 386 g/mol. The lowest BCUT2D eigenvalue weighted by atomic mass is 10.0. The molecule has 0 aliphatic carbocycles. The molecule has 0 spiro atoms. The van der Waals surface area contributed by atoms with E-state index in [-0.39, 0.29) is 12.8 Å². The third-order valence-electron chi connectivity index (χ3n) is 4.95. The Bertz CT molecular complexity index is 1230. The summed E-state index contributed by atoms with van der Waals surface area (Å²) in [6.07, 6.45) is 0.707. The summed E-state index contributed by atoms with van der Waals surface area (Å²) in [7, 11) is 1.39. The molecule has 0 fully saturated rings. The van der Waals surface area contributed by atoms with E-state index in [1.54, 1.807) is 6.07 Å². The van der Waals surface area contributed by atoms with Gasteiger partial charge in [-0.05, 0) is 60.0 Å². The van der Waals surface area contributed by atoms with Crippen LogP contribution >= 0.6 is 0 Å². The maximum absolute atomic E-state index is 11.7. The van der Waals surface area contributed by atoms with Crippen LogP contribution in [0.25, 0.3) is 22.4 Å². The molecule has 144 valence electrons. The molecule has 0 radical (unpaired) electrons. The van der Waals surface area contributed by atoms with Crippen LogP contribution in [0.2, 0.25) is 0 Å². The number of benzene rings is 3. The summed E-state index contributed by atoms with van der Waals surface area (Å²) in [5.41, 5.74) is 5.52. The summed E-state index contributed by atoms with van der Waals surface area (Å²) in [5.74, 6) is 1.93. The number of nitrogens with zero attached hydrogens (tertiary/aromatic N) is 1. The predicted molar refractivity (Wildman–Crippen MR) is 108 cm³/mol. The van der Waals surface area contributed by atoms with E-state index in [4.69, 9.17) is 19.2 Å². The van der Waals surface area contributed by atoms with E-state index in [1.807, 2.05) is 42.5 Å². The Balaban J connectivity index is 1.43. The highest BCUT2D eigenvalue weighted by atomic mass is 16.7. The third kappa shape index (κ3) is 3.29. The molecule has 0 bridgehead atoms. The summed E-state index contributed by atoms with van der Waals surface area (Å²) < 4.78 is 15.6. The molecule has 6 heteroatoms. The van der Waals surface area contributed by atoms with E-state index in [0.29, 0.717) is 12.0 Å². The Morgan fingerprint density at radius 3 is 2.79 bits per heavy atom. The van der Waals surface area contributed by atoms with Gasteiger partial charge in [0, 0.05) is 5.56 Å². The van der Waals surface area contributed by atoms with Crippen LogP contribution in [-0.4, -0.2) is 29.8 Å². The zero-order valence-electron chi connectivity index (χ0n) is 15.8. The number of esters is 1. The Labute approximate surface area is 167 Å². The van der Waals surface area contributed by atoms with E-state index in [2.05, 4.69) is 17.1 Å². The van der Waals surface area contributed by atoms with E-state index >= 15 is 0 Å². The number of methoxy groups -OCH3 is 1. The number of carbonyl (C=O) groups is 1. The molecule has 0 unspecified atom stereocenters. The van der Waals surface area contributed by atoms with Crippen LogP contribution in [0.5, 0.6) is 11.5 Å². The first-order chi connectivity index (χ1) is 14.2. The Hall–Kier alpha value is -3.80. The van der Waals surface area contributed by atoms with Gasteiger partial charge in [-0.2, -0.15) is 0 Å². The van der Waals surface area contributed by atoms with Gasteiger partial charge >= 0.3 is 5.97 Å². The zero-order valence-corrected chi connectivity index (χ0v) is 15.8. The number of aromatic nitrogens is 2. The first kappa shape index (κ1) is 17.3. The molecule has 0 saturated heterocycles. The number of hydrogen-bond acceptors (Lipinski definition) is 5. The minimum atomic E-state index is -0.329. The SMILES string of the molecule is COC(=O)c1cccc(Cc2ccc3nc(-c4ccc5c(c4)OCO5)[nH]c3c2)c1. The third-order valence-corrected chi connectivity index (χ3v) is 4.95. The van der Waals surface area contributed by atoms with Crippen LogP contribution in [0.1, 0.15) is 21.5 Å². The second-order valence-electron chi connectivity index (χ2n) is 6.87. The lowest BCUT2D eigenvalue weighted by Crippen LogP contribution is -2.01. The van der Waals surface area contributed by atoms with Crippen molar-refractivity contribution in [1.29, 1.82) is 0 Å². The minimum Gasteiger partial charge on any atom is -0.465 e. The summed E-state index contributed by atoms with van der Waals surface area (Å²) in [6, 6.07) is 19.4. The van der Waals surface area contributed by atoms with Gasteiger partial charge in [-0.15, -0.1) is 0 Å². The molecule has 1 aliphatic rings. The molecule has 5 rings (SSSR count). The molecule has 3 aromatic carbocycles. The lowest BCUT2D eigenvalue weighted by Gasteiger charge is -2.05. The number of ether oxygens (including phenoxy) is 3. The zero-order chi connectivity index (χ0) is 19.8. The van der Waals surface area contributed by atoms with Crippen molar-refractivity contribution < 1.29 is 19.0 Å². The quantitative estimate of drug-likeness (QED) is 0.528. The van der Waals surface area contributed by atoms with Gasteiger partial charge in [0.25, 0.3) is 0 Å². The highest BCUT2D eigenvalue weighted by Crippen LogP contribution is 2.35. The fraction of sp³-hybridized carbons (Fsp3) is 0.130. The topological polar surface area (TPSA) is 73.4 Å². The van der Waals surface area contributed by atoms with Crippen molar-refractivity contribution in [2.45, 2.75) is 6.42 Å². The van der Waals surface area contributed by atoms with Crippen molar-refractivity contribution in [2.75, 3.05) is 13.9 Å². The van der Waals surface area contributed by atoms with Crippen LogP contribution in [0.3, 0.4) is 0 Å². The molecule has 0 amide bonds. The number of H-pyrrole nitrogens is 1. The van der Waals surface area contributed by atoms with Gasteiger partial charge in [0.1, 0.15) is 5.82 Å². The molecular formula is C23H18N2O4. The summed E-state index contributed by atoms with van der Waals surface area (Å²) in [6.45, 7) is 0.249. The fourth-order valence-electron chi connectivity index (χ4n) is 3.51. The molecule has 0 saturated carbocycles. The second kappa shape index (κ2) is 6.98. The van der Waals surface area contributed by atoms with Crippen molar-refractivity contribution in [1.82, 2.24) is 9.97 Å². The van der Waals surface area contributed by atoms with Crippen LogP contribution in [0.15, 0.2) is 60.7 Å². The number of hydrogen-bond donors (Lipinski definition) is 1. The highest BCUT2D eigenvalue weighted by Gasteiger charge is 2.15. The Morgan fingerprint density at radius 1 is 1.03 bits per heavy atom. The van der Waals surface area contributed by atoms with Gasteiger partial charge in [0.15, 0.2) is 11.5 Å². The van der Waals surface area contributed by atoms with Gasteiger partial charge in [-0.25, -0.2) is 9.78 Å². The molecule has 0 atom stereocenters. The van der Waals surface area contributed by atoms with Gasteiger partial charge < -0.3 is 19.2 Å². The molecule has 2 heterocycles. The van der Waals surface area contributed by atoms with E-state index in [0.717, 1.165) is 45.0 Å². The van der Waals surface area contributed by atoms with Crippen molar-refractivity contribution >= 4 is 17.0 Å². The van der Waals surface area contributed by atoms with Crippen molar-refractivity contribution in [3.05, 3.63) is 77.4 Å². The molecule has 1 aromatic heterocycles.